The number of hydrogen-bond acceptors (Lipinski definition) is 6. The second-order valence-electron chi connectivity index (χ2n) is 9.66. The highest BCUT2D eigenvalue weighted by atomic mass is 16.5. The van der Waals surface area contributed by atoms with E-state index in [1.807, 2.05) is 31.2 Å². The molecule has 2 atom stereocenters. The van der Waals surface area contributed by atoms with Crippen molar-refractivity contribution in [3.63, 3.8) is 0 Å². The topological polar surface area (TPSA) is 84.9 Å². The zero-order valence-corrected chi connectivity index (χ0v) is 20.2. The van der Waals surface area contributed by atoms with Gasteiger partial charge < -0.3 is 19.9 Å². The number of aromatic hydroxyl groups is 1. The fourth-order valence-electron chi connectivity index (χ4n) is 5.75. The van der Waals surface area contributed by atoms with Crippen LogP contribution in [0.15, 0.2) is 71.1 Å². The molecular weight excluding hydrogens is 442 g/mol. The van der Waals surface area contributed by atoms with Crippen LogP contribution >= 0.6 is 0 Å². The van der Waals surface area contributed by atoms with Gasteiger partial charge in [0.2, 0.25) is 0 Å². The summed E-state index contributed by atoms with van der Waals surface area (Å²) in [7, 11) is 1.64. The van der Waals surface area contributed by atoms with Crippen molar-refractivity contribution in [2.45, 2.75) is 63.4 Å². The van der Waals surface area contributed by atoms with E-state index in [0.29, 0.717) is 29.7 Å². The van der Waals surface area contributed by atoms with Gasteiger partial charge in [0.05, 0.1) is 12.7 Å². The molecule has 2 aliphatic carbocycles. The molecule has 3 aliphatic rings. The number of Topliss-reactive ketones (excluding diaryl/α,β-unsaturated/α-hetero) is 1. The van der Waals surface area contributed by atoms with Gasteiger partial charge in [-0.3, -0.25) is 4.79 Å². The lowest BCUT2D eigenvalue weighted by molar-refractivity contribution is -0.144. The van der Waals surface area contributed by atoms with E-state index in [1.165, 1.54) is 0 Å². The molecule has 35 heavy (non-hydrogen) atoms. The first-order chi connectivity index (χ1) is 17.0. The average molecular weight is 474 g/mol. The third-order valence-corrected chi connectivity index (χ3v) is 7.43. The zero-order chi connectivity index (χ0) is 24.5. The molecule has 6 nitrogen and oxygen atoms in total. The van der Waals surface area contributed by atoms with Gasteiger partial charge in [0.25, 0.3) is 0 Å². The predicted octanol–water partition coefficient (Wildman–Crippen LogP) is 5.25. The summed E-state index contributed by atoms with van der Waals surface area (Å²) in [5.41, 5.74) is 4.43. The number of phenols is 1. The Morgan fingerprint density at radius 2 is 1.74 bits per heavy atom. The molecule has 0 aromatic heterocycles. The van der Waals surface area contributed by atoms with Crippen LogP contribution in [0.25, 0.3) is 0 Å². The lowest BCUT2D eigenvalue weighted by atomic mass is 9.71. The van der Waals surface area contributed by atoms with Gasteiger partial charge in [-0.25, -0.2) is 4.79 Å². The number of ether oxygens (including phenoxy) is 2. The van der Waals surface area contributed by atoms with E-state index < -0.39 is 5.92 Å². The Morgan fingerprint density at radius 1 is 1.03 bits per heavy atom. The van der Waals surface area contributed by atoms with Crippen molar-refractivity contribution in [1.82, 2.24) is 5.32 Å². The van der Waals surface area contributed by atoms with E-state index >= 15 is 0 Å². The van der Waals surface area contributed by atoms with Crippen LogP contribution in [-0.4, -0.2) is 30.1 Å². The summed E-state index contributed by atoms with van der Waals surface area (Å²) in [6.07, 6.45) is 4.78. The van der Waals surface area contributed by atoms with Gasteiger partial charge in [0.1, 0.15) is 17.6 Å². The monoisotopic (exact) mass is 473 g/mol. The summed E-state index contributed by atoms with van der Waals surface area (Å²) in [6, 6.07) is 14.6. The third kappa shape index (κ3) is 4.45. The predicted molar refractivity (Wildman–Crippen MR) is 132 cm³/mol. The third-order valence-electron chi connectivity index (χ3n) is 7.43. The average Bonchev–Trinajstić information content (AvgIpc) is 3.36. The minimum Gasteiger partial charge on any atom is -0.508 e. The highest BCUT2D eigenvalue weighted by Gasteiger charge is 2.42. The molecule has 5 rings (SSSR count). The lowest BCUT2D eigenvalue weighted by Crippen LogP contribution is -2.36. The van der Waals surface area contributed by atoms with E-state index in [9.17, 15) is 14.7 Å². The molecular formula is C29H31NO5. The minimum absolute atomic E-state index is 0.00592. The number of dihydropyridines is 1. The van der Waals surface area contributed by atoms with Gasteiger partial charge in [-0.15, -0.1) is 0 Å². The molecule has 0 radical (unpaired) electrons. The molecule has 1 heterocycles. The highest BCUT2D eigenvalue weighted by molar-refractivity contribution is 6.04. The van der Waals surface area contributed by atoms with Gasteiger partial charge in [0, 0.05) is 35.2 Å². The molecule has 2 aromatic rings. The van der Waals surface area contributed by atoms with E-state index in [1.54, 1.807) is 31.4 Å². The molecule has 2 aromatic carbocycles. The minimum atomic E-state index is -0.535. The first-order valence-corrected chi connectivity index (χ1v) is 12.3. The van der Waals surface area contributed by atoms with Crippen LogP contribution in [0.3, 0.4) is 0 Å². The number of methoxy groups -OCH3 is 1. The van der Waals surface area contributed by atoms with Crippen LogP contribution in [-0.2, 0) is 14.3 Å². The number of nitrogens with one attached hydrogen (secondary N) is 1. The molecule has 2 N–H and O–H groups in total. The number of allylic oxidation sites excluding steroid dienone is 3. The van der Waals surface area contributed by atoms with Crippen molar-refractivity contribution in [3.8, 4) is 11.5 Å². The number of para-hydroxylation sites is 1. The number of carbonyl (C=O) groups excluding carboxylic acids is 2. The van der Waals surface area contributed by atoms with Crippen LogP contribution < -0.4 is 10.1 Å². The number of benzene rings is 2. The molecule has 1 fully saturated rings. The summed E-state index contributed by atoms with van der Waals surface area (Å²) in [6.45, 7) is 1.87. The van der Waals surface area contributed by atoms with Gasteiger partial charge in [-0.1, -0.05) is 30.3 Å². The molecule has 0 spiro atoms. The quantitative estimate of drug-likeness (QED) is 0.577. The van der Waals surface area contributed by atoms with Gasteiger partial charge in [-0.2, -0.15) is 0 Å². The largest absolute Gasteiger partial charge is 0.508 e. The maximum atomic E-state index is 13.7. The number of esters is 1. The summed E-state index contributed by atoms with van der Waals surface area (Å²) in [4.78, 5) is 27.2. The smallest absolute Gasteiger partial charge is 0.337 e. The number of ketones is 1. The molecule has 0 bridgehead atoms. The first kappa shape index (κ1) is 23.2. The van der Waals surface area contributed by atoms with Crippen molar-refractivity contribution < 1.29 is 24.2 Å². The van der Waals surface area contributed by atoms with Crippen molar-refractivity contribution >= 4 is 11.8 Å². The molecule has 182 valence electrons. The maximum Gasteiger partial charge on any atom is 0.337 e. The number of phenolic OH excluding ortho intramolecular Hbond substituents is 1. The number of hydrogen-bond donors (Lipinski definition) is 2. The van der Waals surface area contributed by atoms with Crippen LogP contribution in [0.4, 0.5) is 0 Å². The fourth-order valence-corrected chi connectivity index (χ4v) is 5.75. The zero-order valence-electron chi connectivity index (χ0n) is 20.2. The normalized spacial score (nSPS) is 22.6. The van der Waals surface area contributed by atoms with E-state index in [-0.39, 0.29) is 29.5 Å². The second kappa shape index (κ2) is 9.61. The molecule has 0 unspecified atom stereocenters. The highest BCUT2D eigenvalue weighted by Crippen LogP contribution is 2.47. The van der Waals surface area contributed by atoms with Crippen LogP contribution in [0.1, 0.15) is 68.4 Å². The van der Waals surface area contributed by atoms with Crippen LogP contribution in [0, 0.1) is 0 Å². The summed E-state index contributed by atoms with van der Waals surface area (Å²) < 4.78 is 11.5. The summed E-state index contributed by atoms with van der Waals surface area (Å²) in [5.74, 6) is -0.0122. The number of carbonyl (C=O) groups is 2. The van der Waals surface area contributed by atoms with Crippen molar-refractivity contribution in [3.05, 3.63) is 82.2 Å². The molecule has 1 aliphatic heterocycles. The fraction of sp³-hybridized carbons (Fsp3) is 0.379. The Morgan fingerprint density at radius 3 is 2.46 bits per heavy atom. The summed E-state index contributed by atoms with van der Waals surface area (Å²) >= 11 is 0. The van der Waals surface area contributed by atoms with Gasteiger partial charge in [-0.05, 0) is 68.4 Å². The molecule has 0 amide bonds. The van der Waals surface area contributed by atoms with E-state index in [2.05, 4.69) is 5.32 Å². The van der Waals surface area contributed by atoms with Crippen molar-refractivity contribution in [2.75, 3.05) is 7.11 Å². The maximum absolute atomic E-state index is 13.7. The van der Waals surface area contributed by atoms with E-state index in [0.717, 1.165) is 48.3 Å². The Kier molecular flexibility index (Phi) is 6.37. The molecule has 0 saturated heterocycles. The number of rotatable bonds is 5. The van der Waals surface area contributed by atoms with Crippen LogP contribution in [0.5, 0.6) is 11.5 Å². The first-order valence-electron chi connectivity index (χ1n) is 12.3. The van der Waals surface area contributed by atoms with Gasteiger partial charge in [0.15, 0.2) is 5.78 Å². The van der Waals surface area contributed by atoms with Crippen molar-refractivity contribution in [1.29, 1.82) is 0 Å². The Labute approximate surface area is 205 Å². The molecule has 1 saturated carbocycles. The van der Waals surface area contributed by atoms with Crippen molar-refractivity contribution in [2.24, 2.45) is 0 Å². The Hall–Kier alpha value is -3.54. The standard InChI is InChI=1S/C29H31NO5/c1-17-26(29(33)35-21-7-3-4-8-21)27(18-11-13-20(31)14-12-18)28-23(30-17)15-19(16-24(28)32)22-9-5-6-10-25(22)34-2/h5-6,9-14,19,21,27,30-31H,3-4,7-8,15-16H2,1-2H3/t19-,27+/m0/s1. The van der Waals surface area contributed by atoms with Crippen LogP contribution in [0.2, 0.25) is 0 Å². The SMILES string of the molecule is COc1ccccc1[C@@H]1CC(=O)C2=C(C1)NC(C)=C(C(=O)OC1CCCC1)[C@H]2c1ccc(O)cc1. The second-order valence-corrected chi connectivity index (χ2v) is 9.66. The Bertz CT molecular complexity index is 1200. The molecule has 6 heteroatoms. The van der Waals surface area contributed by atoms with Gasteiger partial charge >= 0.3 is 5.97 Å². The Balaban J connectivity index is 1.54. The van der Waals surface area contributed by atoms with E-state index in [4.69, 9.17) is 9.47 Å². The summed E-state index contributed by atoms with van der Waals surface area (Å²) in [5, 5.41) is 13.3. The lowest BCUT2D eigenvalue weighted by Gasteiger charge is -2.37.